The SMILES string of the molecule is CC[C@H](N)c1ccc(N(C)Cc2ccccc2F)cn1. The standard InChI is InChI=1S/C16H20FN3/c1-3-15(18)16-9-8-13(10-19-16)20(2)11-12-6-4-5-7-14(12)17/h4-10,15H,3,11,18H2,1-2H3/t15-/m0/s1. The summed E-state index contributed by atoms with van der Waals surface area (Å²) >= 11 is 0. The summed E-state index contributed by atoms with van der Waals surface area (Å²) in [6, 6.07) is 10.7. The number of hydrogen-bond acceptors (Lipinski definition) is 3. The molecule has 2 rings (SSSR count). The maximum Gasteiger partial charge on any atom is 0.128 e. The molecule has 0 aliphatic heterocycles. The molecule has 0 saturated carbocycles. The number of pyridine rings is 1. The second kappa shape index (κ2) is 6.48. The Morgan fingerprint density at radius 2 is 2.00 bits per heavy atom. The van der Waals surface area contributed by atoms with Crippen molar-refractivity contribution in [3.05, 3.63) is 59.7 Å². The van der Waals surface area contributed by atoms with Gasteiger partial charge in [0.05, 0.1) is 17.6 Å². The van der Waals surface area contributed by atoms with E-state index >= 15 is 0 Å². The Balaban J connectivity index is 2.10. The number of aromatic nitrogens is 1. The lowest BCUT2D eigenvalue weighted by Gasteiger charge is -2.20. The molecular weight excluding hydrogens is 253 g/mol. The molecule has 0 fully saturated rings. The fourth-order valence-corrected chi connectivity index (χ4v) is 2.03. The van der Waals surface area contributed by atoms with E-state index in [2.05, 4.69) is 4.98 Å². The van der Waals surface area contributed by atoms with Crippen molar-refractivity contribution in [3.63, 3.8) is 0 Å². The number of anilines is 1. The molecule has 2 aromatic rings. The molecule has 0 saturated heterocycles. The van der Waals surface area contributed by atoms with Crippen molar-refractivity contribution in [3.8, 4) is 0 Å². The van der Waals surface area contributed by atoms with Crippen molar-refractivity contribution >= 4 is 5.69 Å². The molecule has 0 amide bonds. The largest absolute Gasteiger partial charge is 0.369 e. The van der Waals surface area contributed by atoms with Gasteiger partial charge < -0.3 is 10.6 Å². The Kier molecular flexibility index (Phi) is 4.69. The second-order valence-electron chi connectivity index (χ2n) is 4.90. The van der Waals surface area contributed by atoms with Gasteiger partial charge in [0.2, 0.25) is 0 Å². The van der Waals surface area contributed by atoms with Crippen LogP contribution in [0, 0.1) is 5.82 Å². The van der Waals surface area contributed by atoms with Crippen molar-refractivity contribution in [2.75, 3.05) is 11.9 Å². The monoisotopic (exact) mass is 273 g/mol. The van der Waals surface area contributed by atoms with Gasteiger partial charge >= 0.3 is 0 Å². The van der Waals surface area contributed by atoms with Crippen molar-refractivity contribution in [2.45, 2.75) is 25.9 Å². The summed E-state index contributed by atoms with van der Waals surface area (Å²) < 4.78 is 13.6. The van der Waals surface area contributed by atoms with Crippen LogP contribution < -0.4 is 10.6 Å². The van der Waals surface area contributed by atoms with Crippen molar-refractivity contribution in [1.29, 1.82) is 0 Å². The predicted octanol–water partition coefficient (Wildman–Crippen LogP) is 3.27. The normalized spacial score (nSPS) is 12.2. The molecule has 3 nitrogen and oxygen atoms in total. The van der Waals surface area contributed by atoms with Gasteiger partial charge in [-0.3, -0.25) is 4.98 Å². The molecule has 2 N–H and O–H groups in total. The van der Waals surface area contributed by atoms with E-state index in [0.717, 1.165) is 17.8 Å². The molecule has 0 unspecified atom stereocenters. The predicted molar refractivity (Wildman–Crippen MR) is 80.0 cm³/mol. The van der Waals surface area contributed by atoms with Gasteiger partial charge in [-0.2, -0.15) is 0 Å². The lowest BCUT2D eigenvalue weighted by molar-refractivity contribution is 0.608. The fourth-order valence-electron chi connectivity index (χ4n) is 2.03. The van der Waals surface area contributed by atoms with Crippen LogP contribution in [0.2, 0.25) is 0 Å². The molecule has 0 radical (unpaired) electrons. The van der Waals surface area contributed by atoms with Gasteiger partial charge in [0.15, 0.2) is 0 Å². The maximum atomic E-state index is 13.6. The quantitative estimate of drug-likeness (QED) is 0.909. The number of nitrogens with zero attached hydrogens (tertiary/aromatic N) is 2. The third kappa shape index (κ3) is 3.33. The highest BCUT2D eigenvalue weighted by molar-refractivity contribution is 5.44. The average Bonchev–Trinajstić information content (AvgIpc) is 2.49. The summed E-state index contributed by atoms with van der Waals surface area (Å²) in [4.78, 5) is 6.34. The van der Waals surface area contributed by atoms with Gasteiger partial charge in [0.1, 0.15) is 5.82 Å². The van der Waals surface area contributed by atoms with Crippen LogP contribution in [0.5, 0.6) is 0 Å². The summed E-state index contributed by atoms with van der Waals surface area (Å²) in [6.07, 6.45) is 2.64. The first kappa shape index (κ1) is 14.5. The van der Waals surface area contributed by atoms with E-state index in [-0.39, 0.29) is 11.9 Å². The molecule has 106 valence electrons. The molecule has 0 bridgehead atoms. The molecule has 1 atom stereocenters. The van der Waals surface area contributed by atoms with Crippen LogP contribution in [0.4, 0.5) is 10.1 Å². The number of nitrogens with two attached hydrogens (primary N) is 1. The molecule has 0 spiro atoms. The van der Waals surface area contributed by atoms with Crippen LogP contribution >= 0.6 is 0 Å². The summed E-state index contributed by atoms with van der Waals surface area (Å²) in [5, 5.41) is 0. The van der Waals surface area contributed by atoms with Crippen LogP contribution in [0.1, 0.15) is 30.6 Å². The van der Waals surface area contributed by atoms with Gasteiger partial charge in [-0.05, 0) is 24.6 Å². The smallest absolute Gasteiger partial charge is 0.128 e. The van der Waals surface area contributed by atoms with E-state index < -0.39 is 0 Å². The Bertz CT molecular complexity index is 554. The average molecular weight is 273 g/mol. The van der Waals surface area contributed by atoms with E-state index in [0.29, 0.717) is 12.1 Å². The molecule has 0 aliphatic rings. The Morgan fingerprint density at radius 3 is 2.60 bits per heavy atom. The van der Waals surface area contributed by atoms with E-state index in [1.807, 2.05) is 37.1 Å². The maximum absolute atomic E-state index is 13.6. The van der Waals surface area contributed by atoms with E-state index in [1.165, 1.54) is 6.07 Å². The highest BCUT2D eigenvalue weighted by Gasteiger charge is 2.08. The second-order valence-corrected chi connectivity index (χ2v) is 4.90. The third-order valence-electron chi connectivity index (χ3n) is 3.40. The Labute approximate surface area is 119 Å². The summed E-state index contributed by atoms with van der Waals surface area (Å²) in [6.45, 7) is 2.54. The van der Waals surface area contributed by atoms with Crippen LogP contribution in [0.15, 0.2) is 42.6 Å². The van der Waals surface area contributed by atoms with E-state index in [4.69, 9.17) is 5.73 Å². The number of halogens is 1. The first-order chi connectivity index (χ1) is 9.61. The first-order valence-electron chi connectivity index (χ1n) is 6.78. The van der Waals surface area contributed by atoms with Crippen LogP contribution in [0.3, 0.4) is 0 Å². The van der Waals surface area contributed by atoms with Crippen LogP contribution in [-0.4, -0.2) is 12.0 Å². The van der Waals surface area contributed by atoms with Crippen molar-refractivity contribution in [1.82, 2.24) is 4.98 Å². The molecule has 1 aromatic carbocycles. The van der Waals surface area contributed by atoms with Gasteiger partial charge in [-0.25, -0.2) is 4.39 Å². The van der Waals surface area contributed by atoms with Crippen molar-refractivity contribution in [2.24, 2.45) is 5.73 Å². The van der Waals surface area contributed by atoms with Gasteiger partial charge in [0, 0.05) is 25.2 Å². The molecule has 20 heavy (non-hydrogen) atoms. The molecule has 1 heterocycles. The number of rotatable bonds is 5. The topological polar surface area (TPSA) is 42.1 Å². The van der Waals surface area contributed by atoms with Gasteiger partial charge in [0.25, 0.3) is 0 Å². The minimum absolute atomic E-state index is 0.0269. The van der Waals surface area contributed by atoms with Crippen LogP contribution in [-0.2, 0) is 6.54 Å². The molecule has 0 aliphatic carbocycles. The first-order valence-corrected chi connectivity index (χ1v) is 6.78. The van der Waals surface area contributed by atoms with E-state index in [9.17, 15) is 4.39 Å². The Morgan fingerprint density at radius 1 is 1.25 bits per heavy atom. The summed E-state index contributed by atoms with van der Waals surface area (Å²) in [7, 11) is 1.92. The molecule has 4 heteroatoms. The third-order valence-corrected chi connectivity index (χ3v) is 3.40. The Hall–Kier alpha value is -1.94. The fraction of sp³-hybridized carbons (Fsp3) is 0.312. The summed E-state index contributed by atoms with van der Waals surface area (Å²) in [5.41, 5.74) is 8.44. The molecular formula is C16H20FN3. The van der Waals surface area contributed by atoms with Gasteiger partial charge in [-0.15, -0.1) is 0 Å². The zero-order valence-corrected chi connectivity index (χ0v) is 11.9. The molecule has 1 aromatic heterocycles. The lowest BCUT2D eigenvalue weighted by Crippen LogP contribution is -2.18. The zero-order chi connectivity index (χ0) is 14.5. The highest BCUT2D eigenvalue weighted by Crippen LogP contribution is 2.18. The number of hydrogen-bond donors (Lipinski definition) is 1. The van der Waals surface area contributed by atoms with E-state index in [1.54, 1.807) is 18.3 Å². The minimum Gasteiger partial charge on any atom is -0.369 e. The van der Waals surface area contributed by atoms with Crippen LogP contribution in [0.25, 0.3) is 0 Å². The van der Waals surface area contributed by atoms with Gasteiger partial charge in [-0.1, -0.05) is 25.1 Å². The van der Waals surface area contributed by atoms with Crippen molar-refractivity contribution < 1.29 is 4.39 Å². The minimum atomic E-state index is -0.183. The lowest BCUT2D eigenvalue weighted by atomic mass is 10.1. The zero-order valence-electron chi connectivity index (χ0n) is 11.9. The highest BCUT2D eigenvalue weighted by atomic mass is 19.1. The summed E-state index contributed by atoms with van der Waals surface area (Å²) in [5.74, 6) is -0.183. The number of benzene rings is 1.